The number of benzene rings is 2. The molecule has 0 heterocycles. The lowest BCUT2D eigenvalue weighted by molar-refractivity contribution is -0.115. The molecule has 1 amide bonds. The molecule has 0 aliphatic rings. The van der Waals surface area contributed by atoms with E-state index in [9.17, 15) is 14.7 Å². The maximum absolute atomic E-state index is 12.6. The van der Waals surface area contributed by atoms with Gasteiger partial charge >= 0.3 is 5.97 Å². The molecule has 0 spiro atoms. The number of carbonyl (C=O) groups excluding carboxylic acids is 1. The summed E-state index contributed by atoms with van der Waals surface area (Å²) in [6, 6.07) is 9.94. The van der Waals surface area contributed by atoms with Crippen molar-refractivity contribution in [2.75, 3.05) is 19.5 Å². The zero-order chi connectivity index (χ0) is 20.0. The van der Waals surface area contributed by atoms with Gasteiger partial charge in [-0.05, 0) is 32.0 Å². The van der Waals surface area contributed by atoms with E-state index in [4.69, 9.17) is 14.2 Å². The number of methoxy groups -OCH3 is 2. The van der Waals surface area contributed by atoms with Gasteiger partial charge < -0.3 is 24.6 Å². The number of hydrogen-bond acceptors (Lipinski definition) is 5. The Morgan fingerprint density at radius 2 is 1.78 bits per heavy atom. The molecule has 7 heteroatoms. The molecule has 27 heavy (non-hydrogen) atoms. The number of aromatic carboxylic acids is 1. The average molecular weight is 373 g/mol. The first kappa shape index (κ1) is 20.1. The van der Waals surface area contributed by atoms with E-state index in [-0.39, 0.29) is 41.2 Å². The molecule has 2 rings (SSSR count). The molecule has 0 atom stereocenters. The fourth-order valence-corrected chi connectivity index (χ4v) is 2.57. The summed E-state index contributed by atoms with van der Waals surface area (Å²) >= 11 is 0. The number of carboxylic acid groups (broad SMARTS) is 1. The normalized spacial score (nSPS) is 10.4. The van der Waals surface area contributed by atoms with Crippen LogP contribution in [-0.4, -0.2) is 37.3 Å². The molecule has 7 nitrogen and oxygen atoms in total. The standard InChI is InChI=1S/C20H23NO6/c1-12(2)27-16-8-6-5-7-13(16)11-18(22)21-15-9-14(20(23)24)10-17(25-3)19(15)26-4/h5-10,12H,11H2,1-4H3,(H,21,22)(H,23,24). The highest BCUT2D eigenvalue weighted by atomic mass is 16.5. The lowest BCUT2D eigenvalue weighted by Crippen LogP contribution is -2.17. The van der Waals surface area contributed by atoms with Gasteiger partial charge in [0.15, 0.2) is 11.5 Å². The summed E-state index contributed by atoms with van der Waals surface area (Å²) in [5, 5.41) is 12.0. The summed E-state index contributed by atoms with van der Waals surface area (Å²) in [7, 11) is 2.81. The topological polar surface area (TPSA) is 94.1 Å². The molecule has 0 bridgehead atoms. The highest BCUT2D eigenvalue weighted by Crippen LogP contribution is 2.36. The molecular formula is C20H23NO6. The van der Waals surface area contributed by atoms with Crippen LogP contribution in [-0.2, 0) is 11.2 Å². The van der Waals surface area contributed by atoms with Crippen LogP contribution in [0.2, 0.25) is 0 Å². The Hall–Kier alpha value is -3.22. The number of anilines is 1. The van der Waals surface area contributed by atoms with Crippen molar-refractivity contribution in [1.82, 2.24) is 0 Å². The van der Waals surface area contributed by atoms with Crippen LogP contribution in [0.25, 0.3) is 0 Å². The van der Waals surface area contributed by atoms with E-state index in [1.807, 2.05) is 32.0 Å². The fraction of sp³-hybridized carbons (Fsp3) is 0.300. The van der Waals surface area contributed by atoms with Gasteiger partial charge in [-0.1, -0.05) is 18.2 Å². The maximum atomic E-state index is 12.6. The third-order valence-electron chi connectivity index (χ3n) is 3.69. The van der Waals surface area contributed by atoms with E-state index in [0.29, 0.717) is 5.75 Å². The minimum Gasteiger partial charge on any atom is -0.493 e. The number of hydrogen-bond donors (Lipinski definition) is 2. The summed E-state index contributed by atoms with van der Waals surface area (Å²) in [4.78, 5) is 23.9. The van der Waals surface area contributed by atoms with Gasteiger partial charge in [0.25, 0.3) is 0 Å². The highest BCUT2D eigenvalue weighted by Gasteiger charge is 2.18. The zero-order valence-corrected chi connectivity index (χ0v) is 15.7. The molecule has 0 saturated heterocycles. The van der Waals surface area contributed by atoms with Gasteiger partial charge in [0.2, 0.25) is 5.91 Å². The Morgan fingerprint density at radius 3 is 2.37 bits per heavy atom. The van der Waals surface area contributed by atoms with E-state index in [0.717, 1.165) is 5.56 Å². The molecule has 144 valence electrons. The van der Waals surface area contributed by atoms with Gasteiger partial charge in [0, 0.05) is 5.56 Å². The molecule has 0 aliphatic carbocycles. The van der Waals surface area contributed by atoms with Crippen LogP contribution in [0.15, 0.2) is 36.4 Å². The minimum absolute atomic E-state index is 0.0218. The SMILES string of the molecule is COc1cc(C(=O)O)cc(NC(=O)Cc2ccccc2OC(C)C)c1OC. The summed E-state index contributed by atoms with van der Waals surface area (Å²) < 4.78 is 16.2. The van der Waals surface area contributed by atoms with Crippen molar-refractivity contribution in [3.63, 3.8) is 0 Å². The summed E-state index contributed by atoms with van der Waals surface area (Å²) in [5.74, 6) is -0.370. The number of ether oxygens (including phenoxy) is 3. The van der Waals surface area contributed by atoms with Crippen LogP contribution in [0, 0.1) is 0 Å². The monoisotopic (exact) mass is 373 g/mol. The van der Waals surface area contributed by atoms with Crippen LogP contribution < -0.4 is 19.5 Å². The van der Waals surface area contributed by atoms with Crippen LogP contribution in [0.5, 0.6) is 17.2 Å². The van der Waals surface area contributed by atoms with Crippen LogP contribution >= 0.6 is 0 Å². The van der Waals surface area contributed by atoms with Crippen molar-refractivity contribution < 1.29 is 28.9 Å². The van der Waals surface area contributed by atoms with Crippen LogP contribution in [0.3, 0.4) is 0 Å². The third kappa shape index (κ3) is 5.13. The molecule has 2 aromatic carbocycles. The molecule has 0 aromatic heterocycles. The first-order valence-corrected chi connectivity index (χ1v) is 8.39. The molecule has 2 aromatic rings. The van der Waals surface area contributed by atoms with Gasteiger partial charge in [0.05, 0.1) is 38.0 Å². The van der Waals surface area contributed by atoms with Crippen LogP contribution in [0.4, 0.5) is 5.69 Å². The Bertz CT molecular complexity index is 831. The molecule has 0 saturated carbocycles. The van der Waals surface area contributed by atoms with Gasteiger partial charge in [0.1, 0.15) is 5.75 Å². The van der Waals surface area contributed by atoms with E-state index in [1.54, 1.807) is 6.07 Å². The lowest BCUT2D eigenvalue weighted by Gasteiger charge is -2.16. The van der Waals surface area contributed by atoms with Crippen molar-refractivity contribution in [2.24, 2.45) is 0 Å². The Kier molecular flexibility index (Phi) is 6.65. The van der Waals surface area contributed by atoms with Gasteiger partial charge in [-0.25, -0.2) is 4.79 Å². The number of carbonyl (C=O) groups is 2. The van der Waals surface area contributed by atoms with Crippen molar-refractivity contribution in [3.05, 3.63) is 47.5 Å². The second kappa shape index (κ2) is 8.93. The Labute approximate surface area is 157 Å². The second-order valence-corrected chi connectivity index (χ2v) is 6.06. The molecule has 0 fully saturated rings. The molecular weight excluding hydrogens is 350 g/mol. The second-order valence-electron chi connectivity index (χ2n) is 6.06. The van der Waals surface area contributed by atoms with Gasteiger partial charge in [-0.3, -0.25) is 4.79 Å². The number of amides is 1. The van der Waals surface area contributed by atoms with E-state index < -0.39 is 5.97 Å². The highest BCUT2D eigenvalue weighted by molar-refractivity contribution is 5.97. The van der Waals surface area contributed by atoms with Crippen molar-refractivity contribution in [2.45, 2.75) is 26.4 Å². The number of nitrogens with one attached hydrogen (secondary N) is 1. The third-order valence-corrected chi connectivity index (χ3v) is 3.69. The first-order valence-electron chi connectivity index (χ1n) is 8.39. The van der Waals surface area contributed by atoms with Gasteiger partial charge in [-0.2, -0.15) is 0 Å². The predicted octanol–water partition coefficient (Wildman–Crippen LogP) is 3.37. The minimum atomic E-state index is -1.14. The largest absolute Gasteiger partial charge is 0.493 e. The average Bonchev–Trinajstić information content (AvgIpc) is 2.62. The summed E-state index contributed by atoms with van der Waals surface area (Å²) in [6.07, 6.45) is 0.0388. The zero-order valence-electron chi connectivity index (χ0n) is 15.7. The van der Waals surface area contributed by atoms with Crippen molar-refractivity contribution >= 4 is 17.6 Å². The molecule has 0 aliphatic heterocycles. The smallest absolute Gasteiger partial charge is 0.335 e. The van der Waals surface area contributed by atoms with E-state index in [2.05, 4.69) is 5.32 Å². The summed E-state index contributed by atoms with van der Waals surface area (Å²) in [5.41, 5.74) is 0.928. The maximum Gasteiger partial charge on any atom is 0.335 e. The number of rotatable bonds is 8. The molecule has 0 radical (unpaired) electrons. The first-order chi connectivity index (χ1) is 12.8. The Morgan fingerprint density at radius 1 is 1.07 bits per heavy atom. The van der Waals surface area contributed by atoms with Crippen LogP contribution in [0.1, 0.15) is 29.8 Å². The number of carboxylic acids is 1. The molecule has 2 N–H and O–H groups in total. The molecule has 0 unspecified atom stereocenters. The number of para-hydroxylation sites is 1. The predicted molar refractivity (Wildman–Crippen MR) is 101 cm³/mol. The quantitative estimate of drug-likeness (QED) is 0.737. The lowest BCUT2D eigenvalue weighted by atomic mass is 10.1. The van der Waals surface area contributed by atoms with E-state index >= 15 is 0 Å². The van der Waals surface area contributed by atoms with Gasteiger partial charge in [-0.15, -0.1) is 0 Å². The summed E-state index contributed by atoms with van der Waals surface area (Å²) in [6.45, 7) is 3.82. The Balaban J connectivity index is 2.28. The van der Waals surface area contributed by atoms with E-state index in [1.165, 1.54) is 26.4 Å². The van der Waals surface area contributed by atoms with Crippen molar-refractivity contribution in [3.8, 4) is 17.2 Å². The fourth-order valence-electron chi connectivity index (χ4n) is 2.57. The van der Waals surface area contributed by atoms with Crippen molar-refractivity contribution in [1.29, 1.82) is 0 Å².